The van der Waals surface area contributed by atoms with Gasteiger partial charge in [-0.15, -0.1) is 11.3 Å². The van der Waals surface area contributed by atoms with E-state index in [9.17, 15) is 23.5 Å². The first-order valence-electron chi connectivity index (χ1n) is 13.1. The van der Waals surface area contributed by atoms with E-state index < -0.39 is 34.3 Å². The van der Waals surface area contributed by atoms with E-state index in [0.29, 0.717) is 32.2 Å². The minimum Gasteiger partial charge on any atom is -0.481 e. The number of nitrogens with one attached hydrogen (secondary N) is 1. The Hall–Kier alpha value is -4.49. The molecule has 1 atom stereocenters. The lowest BCUT2D eigenvalue weighted by atomic mass is 9.85. The van der Waals surface area contributed by atoms with Crippen molar-refractivity contribution in [2.75, 3.05) is 11.1 Å². The first-order valence-corrected chi connectivity index (χ1v) is 14.3. The number of fused-ring (bicyclic) bond motifs is 2. The molecule has 220 valence electrons. The van der Waals surface area contributed by atoms with Gasteiger partial charge in [0.15, 0.2) is 5.82 Å². The highest BCUT2D eigenvalue weighted by Gasteiger charge is 2.50. The van der Waals surface area contributed by atoms with Gasteiger partial charge in [0.25, 0.3) is 0 Å². The second-order valence-electron chi connectivity index (χ2n) is 11.1. The van der Waals surface area contributed by atoms with Crippen molar-refractivity contribution in [3.63, 3.8) is 0 Å². The van der Waals surface area contributed by atoms with Gasteiger partial charge >= 0.3 is 5.97 Å². The van der Waals surface area contributed by atoms with Gasteiger partial charge in [0.05, 0.1) is 28.7 Å². The quantitative estimate of drug-likeness (QED) is 0.217. The maximum Gasteiger partial charge on any atom is 0.309 e. The Labute approximate surface area is 252 Å². The maximum atomic E-state index is 14.5. The summed E-state index contributed by atoms with van der Waals surface area (Å²) in [5.41, 5.74) is 5.55. The number of carboxylic acid groups (broad SMARTS) is 1. The van der Waals surface area contributed by atoms with Crippen LogP contribution in [0.25, 0.3) is 22.4 Å². The molecule has 0 spiro atoms. The average molecular weight is 624 g/mol. The number of aliphatic carboxylic acids is 1. The Bertz CT molecular complexity index is 1960. The predicted octanol–water partition coefficient (Wildman–Crippen LogP) is 5.42. The molecular weight excluding hydrogens is 600 g/mol. The molecule has 0 saturated heterocycles. The minimum atomic E-state index is -1.33. The highest BCUT2D eigenvalue weighted by molar-refractivity contribution is 7.10. The summed E-state index contributed by atoms with van der Waals surface area (Å²) in [6, 6.07) is 8.57. The molecule has 10 nitrogen and oxygen atoms in total. The Kier molecular flexibility index (Phi) is 6.69. The molecule has 0 aliphatic carbocycles. The second-order valence-corrected chi connectivity index (χ2v) is 12.4. The van der Waals surface area contributed by atoms with Crippen molar-refractivity contribution in [3.8, 4) is 11.5 Å². The van der Waals surface area contributed by atoms with Crippen molar-refractivity contribution in [3.05, 3.63) is 80.3 Å². The fourth-order valence-electron chi connectivity index (χ4n) is 5.13. The van der Waals surface area contributed by atoms with Crippen LogP contribution in [0.15, 0.2) is 41.8 Å². The Morgan fingerprint density at radius 1 is 1.19 bits per heavy atom. The highest BCUT2D eigenvalue weighted by atomic mass is 35.5. The summed E-state index contributed by atoms with van der Waals surface area (Å²) < 4.78 is 30.4. The van der Waals surface area contributed by atoms with E-state index in [2.05, 4.69) is 25.4 Å². The van der Waals surface area contributed by atoms with Gasteiger partial charge in [-0.3, -0.25) is 14.3 Å². The van der Waals surface area contributed by atoms with Gasteiger partial charge in [0.1, 0.15) is 39.4 Å². The summed E-state index contributed by atoms with van der Waals surface area (Å²) in [7, 11) is 0. The fourth-order valence-corrected chi connectivity index (χ4v) is 6.28. The monoisotopic (exact) mass is 623 g/mol. The maximum absolute atomic E-state index is 14.5. The third-order valence-corrected chi connectivity index (χ3v) is 8.95. The van der Waals surface area contributed by atoms with Crippen molar-refractivity contribution in [2.24, 2.45) is 5.41 Å². The minimum absolute atomic E-state index is 0.0141. The standard InChI is InChI=1S/C29H24ClF2N7O3S/c1-28(2,27(41)42)10-14-12-43-26(34-14)29(3)20-22(33)35-24(36-23(20)37-25(29)40)21-15-8-7-13(30)9-19(15)39(38-21)11-16-17(31)5-4-6-18(16)32/h4-9,12H,10-11H2,1-3H3,(H,41,42)(H3,33,35,36,37,40)/t29-/m0/s1. The van der Waals surface area contributed by atoms with Gasteiger partial charge in [0.2, 0.25) is 5.91 Å². The Morgan fingerprint density at radius 3 is 2.60 bits per heavy atom. The zero-order valence-corrected chi connectivity index (χ0v) is 24.6. The summed E-state index contributed by atoms with van der Waals surface area (Å²) in [6.07, 6.45) is 0.171. The summed E-state index contributed by atoms with van der Waals surface area (Å²) >= 11 is 7.47. The van der Waals surface area contributed by atoms with Crippen LogP contribution in [-0.2, 0) is 28.0 Å². The number of carboxylic acids is 1. The molecule has 4 heterocycles. The number of nitrogens with zero attached hydrogens (tertiary/aromatic N) is 5. The van der Waals surface area contributed by atoms with Crippen LogP contribution in [0.3, 0.4) is 0 Å². The summed E-state index contributed by atoms with van der Waals surface area (Å²) in [5.74, 6) is -2.54. The van der Waals surface area contributed by atoms with E-state index in [0.717, 1.165) is 0 Å². The number of halogens is 3. The molecule has 5 aromatic rings. The number of carbonyl (C=O) groups excluding carboxylic acids is 1. The van der Waals surface area contributed by atoms with E-state index in [1.165, 1.54) is 34.2 Å². The smallest absolute Gasteiger partial charge is 0.309 e. The lowest BCUT2D eigenvalue weighted by molar-refractivity contribution is -0.146. The number of benzene rings is 2. The lowest BCUT2D eigenvalue weighted by Gasteiger charge is -2.20. The second kappa shape index (κ2) is 10.1. The molecule has 3 aromatic heterocycles. The van der Waals surface area contributed by atoms with Crippen LogP contribution in [0.2, 0.25) is 5.02 Å². The van der Waals surface area contributed by atoms with Crippen molar-refractivity contribution in [2.45, 2.75) is 39.2 Å². The van der Waals surface area contributed by atoms with Crippen LogP contribution in [-0.4, -0.2) is 41.7 Å². The molecule has 1 aliphatic rings. The molecule has 0 saturated carbocycles. The number of rotatable bonds is 7. The zero-order valence-electron chi connectivity index (χ0n) is 23.1. The molecule has 43 heavy (non-hydrogen) atoms. The molecule has 0 fully saturated rings. The molecule has 14 heteroatoms. The topological polar surface area (TPSA) is 149 Å². The van der Waals surface area contributed by atoms with Crippen LogP contribution >= 0.6 is 22.9 Å². The fraction of sp³-hybridized carbons (Fsp3) is 0.241. The molecule has 2 aromatic carbocycles. The van der Waals surface area contributed by atoms with Crippen molar-refractivity contribution in [1.29, 1.82) is 0 Å². The number of nitrogens with two attached hydrogens (primary N) is 1. The molecule has 1 aliphatic heterocycles. The van der Waals surface area contributed by atoms with E-state index in [1.54, 1.807) is 44.4 Å². The van der Waals surface area contributed by atoms with Gasteiger partial charge in [-0.2, -0.15) is 5.10 Å². The van der Waals surface area contributed by atoms with Crippen LogP contribution in [0.4, 0.5) is 20.4 Å². The van der Waals surface area contributed by atoms with Crippen LogP contribution in [0, 0.1) is 17.0 Å². The van der Waals surface area contributed by atoms with Crippen LogP contribution < -0.4 is 11.1 Å². The number of anilines is 2. The number of thiazole rings is 1. The van der Waals surface area contributed by atoms with Gasteiger partial charge in [-0.1, -0.05) is 17.7 Å². The molecule has 1 amide bonds. The summed E-state index contributed by atoms with van der Waals surface area (Å²) in [5, 5.41) is 20.0. The number of carbonyl (C=O) groups is 2. The van der Waals surface area contributed by atoms with E-state index >= 15 is 0 Å². The largest absolute Gasteiger partial charge is 0.481 e. The van der Waals surface area contributed by atoms with E-state index in [4.69, 9.17) is 17.3 Å². The van der Waals surface area contributed by atoms with E-state index in [-0.39, 0.29) is 41.7 Å². The van der Waals surface area contributed by atoms with Crippen LogP contribution in [0.1, 0.15) is 42.6 Å². The summed E-state index contributed by atoms with van der Waals surface area (Å²) in [6.45, 7) is 4.64. The van der Waals surface area contributed by atoms with E-state index in [1.807, 2.05) is 0 Å². The number of nitrogen functional groups attached to an aromatic ring is 1. The average Bonchev–Trinajstić information content (AvgIpc) is 3.61. The number of hydrogen-bond acceptors (Lipinski definition) is 8. The van der Waals surface area contributed by atoms with Gasteiger partial charge in [0, 0.05) is 27.8 Å². The third-order valence-electron chi connectivity index (χ3n) is 7.60. The lowest BCUT2D eigenvalue weighted by Crippen LogP contribution is -2.33. The SMILES string of the molecule is CC(C)(Cc1csc([C@]2(C)C(=O)Nc3nc(-c4nn(Cc5c(F)cccc5F)c5cc(Cl)ccc45)nc(N)c32)n1)C(=O)O. The zero-order chi connectivity index (χ0) is 30.8. The number of hydrogen-bond donors (Lipinski definition) is 3. The highest BCUT2D eigenvalue weighted by Crippen LogP contribution is 2.46. The van der Waals surface area contributed by atoms with Gasteiger partial charge in [-0.05, 0) is 51.1 Å². The van der Waals surface area contributed by atoms with Gasteiger partial charge in [-0.25, -0.2) is 23.7 Å². The van der Waals surface area contributed by atoms with Gasteiger partial charge < -0.3 is 16.2 Å². The molecule has 0 radical (unpaired) electrons. The van der Waals surface area contributed by atoms with Crippen LogP contribution in [0.5, 0.6) is 0 Å². The molecule has 0 unspecified atom stereocenters. The van der Waals surface area contributed by atoms with Crippen molar-refractivity contribution in [1.82, 2.24) is 24.7 Å². The molecule has 4 N–H and O–H groups in total. The number of aromatic nitrogens is 5. The molecule has 6 rings (SSSR count). The Balaban J connectivity index is 1.43. The summed E-state index contributed by atoms with van der Waals surface area (Å²) in [4.78, 5) is 38.7. The first kappa shape index (κ1) is 28.6. The normalized spacial score (nSPS) is 16.5. The molecular formula is C29H24ClF2N7O3S. The van der Waals surface area contributed by atoms with Crippen molar-refractivity contribution >= 4 is 57.4 Å². The predicted molar refractivity (Wildman–Crippen MR) is 158 cm³/mol. The third kappa shape index (κ3) is 4.68. The number of amides is 1. The Morgan fingerprint density at radius 2 is 1.91 bits per heavy atom. The first-order chi connectivity index (χ1) is 20.3. The van der Waals surface area contributed by atoms with Crippen molar-refractivity contribution < 1.29 is 23.5 Å². The molecule has 0 bridgehead atoms.